The minimum Gasteiger partial charge on any atom is -0.394 e. The molecule has 0 aromatic carbocycles. The highest BCUT2D eigenvalue weighted by molar-refractivity contribution is 4.88. The quantitative estimate of drug-likeness (QED) is 0.652. The topological polar surface area (TPSA) is 84.9 Å². The van der Waals surface area contributed by atoms with Gasteiger partial charge in [0.1, 0.15) is 0 Å². The summed E-state index contributed by atoms with van der Waals surface area (Å²) in [4.78, 5) is 0. The van der Waals surface area contributed by atoms with Gasteiger partial charge in [0.15, 0.2) is 5.79 Å². The SMILES string of the molecule is C.CC.CC(C)(O)O[C@H]1CC(N)CC1OCCO. The molecule has 4 N–H and O–H groups in total. The first kappa shape index (κ1) is 20.1. The molecule has 0 heterocycles. The van der Waals surface area contributed by atoms with Gasteiger partial charge in [-0.1, -0.05) is 21.3 Å². The molecule has 2 unspecified atom stereocenters. The molecule has 5 nitrogen and oxygen atoms in total. The van der Waals surface area contributed by atoms with Gasteiger partial charge in [-0.05, 0) is 26.7 Å². The smallest absolute Gasteiger partial charge is 0.160 e. The lowest BCUT2D eigenvalue weighted by Crippen LogP contribution is -2.36. The van der Waals surface area contributed by atoms with Crippen molar-refractivity contribution in [1.29, 1.82) is 0 Å². The van der Waals surface area contributed by atoms with Gasteiger partial charge in [0.25, 0.3) is 0 Å². The van der Waals surface area contributed by atoms with Crippen LogP contribution in [0.2, 0.25) is 0 Å². The summed E-state index contributed by atoms with van der Waals surface area (Å²) in [6, 6.07) is 0.0426. The van der Waals surface area contributed by atoms with E-state index >= 15 is 0 Å². The van der Waals surface area contributed by atoms with Crippen LogP contribution in [0.25, 0.3) is 0 Å². The fourth-order valence-electron chi connectivity index (χ4n) is 1.87. The summed E-state index contributed by atoms with van der Waals surface area (Å²) in [5.41, 5.74) is 5.80. The van der Waals surface area contributed by atoms with Crippen molar-refractivity contribution in [3.05, 3.63) is 0 Å². The molecule has 5 heteroatoms. The zero-order chi connectivity index (χ0) is 13.5. The highest BCUT2D eigenvalue weighted by Gasteiger charge is 2.36. The molecule has 0 saturated heterocycles. The van der Waals surface area contributed by atoms with Crippen LogP contribution in [-0.2, 0) is 9.47 Å². The van der Waals surface area contributed by atoms with Gasteiger partial charge in [0.05, 0.1) is 25.4 Å². The predicted octanol–water partition coefficient (Wildman–Crippen LogP) is 1.26. The standard InChI is InChI=1S/C10H21NO4.C2H6.CH4/c1-10(2,13)15-9-6-7(11)5-8(9)14-4-3-12;1-2;/h7-9,12-13H,3-6,11H2,1-2H3;1-2H3;1H4/t7?,8?,9-;;/m0../s1. The first-order valence-corrected chi connectivity index (χ1v) is 6.30. The Labute approximate surface area is 111 Å². The van der Waals surface area contributed by atoms with E-state index < -0.39 is 5.79 Å². The molecular formula is C13H31NO4. The zero-order valence-electron chi connectivity index (χ0n) is 11.3. The summed E-state index contributed by atoms with van der Waals surface area (Å²) in [6.07, 6.45) is 1.08. The first-order chi connectivity index (χ1) is 7.92. The molecule has 1 aliphatic rings. The predicted molar refractivity (Wildman–Crippen MR) is 73.3 cm³/mol. The second-order valence-corrected chi connectivity index (χ2v) is 4.47. The molecule has 1 fully saturated rings. The van der Waals surface area contributed by atoms with Crippen LogP contribution in [0.4, 0.5) is 0 Å². The molecule has 18 heavy (non-hydrogen) atoms. The van der Waals surface area contributed by atoms with Crippen molar-refractivity contribution in [2.45, 2.75) is 72.0 Å². The minimum atomic E-state index is -1.17. The highest BCUT2D eigenvalue weighted by Crippen LogP contribution is 2.27. The maximum absolute atomic E-state index is 9.54. The van der Waals surface area contributed by atoms with Crippen molar-refractivity contribution in [1.82, 2.24) is 0 Å². The van der Waals surface area contributed by atoms with E-state index in [9.17, 15) is 5.11 Å². The third kappa shape index (κ3) is 8.00. The molecular weight excluding hydrogens is 234 g/mol. The maximum atomic E-state index is 9.54. The lowest BCUT2D eigenvalue weighted by molar-refractivity contribution is -0.224. The van der Waals surface area contributed by atoms with Gasteiger partial charge in [-0.2, -0.15) is 0 Å². The van der Waals surface area contributed by atoms with Crippen LogP contribution < -0.4 is 5.73 Å². The van der Waals surface area contributed by atoms with E-state index in [-0.39, 0.29) is 38.9 Å². The Bertz CT molecular complexity index is 194. The van der Waals surface area contributed by atoms with E-state index in [1.807, 2.05) is 13.8 Å². The van der Waals surface area contributed by atoms with Gasteiger partial charge in [0, 0.05) is 6.04 Å². The van der Waals surface area contributed by atoms with Gasteiger partial charge < -0.3 is 25.4 Å². The summed E-state index contributed by atoms with van der Waals surface area (Å²) in [5.74, 6) is -1.17. The average molecular weight is 265 g/mol. The number of nitrogens with two attached hydrogens (primary N) is 1. The van der Waals surface area contributed by atoms with Crippen molar-refractivity contribution in [2.75, 3.05) is 13.2 Å². The van der Waals surface area contributed by atoms with Crippen LogP contribution in [0, 0.1) is 0 Å². The molecule has 112 valence electrons. The van der Waals surface area contributed by atoms with Crippen LogP contribution >= 0.6 is 0 Å². The zero-order valence-corrected chi connectivity index (χ0v) is 11.3. The Morgan fingerprint density at radius 3 is 2.17 bits per heavy atom. The van der Waals surface area contributed by atoms with Crippen LogP contribution in [-0.4, -0.2) is 47.5 Å². The lowest BCUT2D eigenvalue weighted by atomic mass is 10.2. The summed E-state index contributed by atoms with van der Waals surface area (Å²) in [7, 11) is 0. The second-order valence-electron chi connectivity index (χ2n) is 4.47. The Morgan fingerprint density at radius 1 is 1.22 bits per heavy atom. The molecule has 0 spiro atoms. The van der Waals surface area contributed by atoms with Crippen LogP contribution in [0.15, 0.2) is 0 Å². The maximum Gasteiger partial charge on any atom is 0.160 e. The Hall–Kier alpha value is -0.200. The van der Waals surface area contributed by atoms with Gasteiger partial charge in [-0.25, -0.2) is 0 Å². The summed E-state index contributed by atoms with van der Waals surface area (Å²) in [5, 5.41) is 18.2. The monoisotopic (exact) mass is 265 g/mol. The molecule has 0 aliphatic heterocycles. The van der Waals surface area contributed by atoms with Gasteiger partial charge >= 0.3 is 0 Å². The van der Waals surface area contributed by atoms with Crippen LogP contribution in [0.5, 0.6) is 0 Å². The van der Waals surface area contributed by atoms with Crippen LogP contribution in [0.1, 0.15) is 48.0 Å². The van der Waals surface area contributed by atoms with Crippen LogP contribution in [0.3, 0.4) is 0 Å². The number of hydrogen-bond donors (Lipinski definition) is 3. The van der Waals surface area contributed by atoms with E-state index in [4.69, 9.17) is 20.3 Å². The molecule has 0 aromatic rings. The van der Waals surface area contributed by atoms with E-state index in [1.54, 1.807) is 13.8 Å². The second kappa shape index (κ2) is 9.69. The third-order valence-corrected chi connectivity index (χ3v) is 2.35. The summed E-state index contributed by atoms with van der Waals surface area (Å²) in [6.45, 7) is 7.43. The van der Waals surface area contributed by atoms with E-state index in [1.165, 1.54) is 0 Å². The normalized spacial score (nSPS) is 27.2. The molecule has 1 saturated carbocycles. The molecule has 0 amide bonds. The summed E-state index contributed by atoms with van der Waals surface area (Å²) >= 11 is 0. The number of ether oxygens (including phenoxy) is 2. The molecule has 3 atom stereocenters. The van der Waals surface area contributed by atoms with Crippen molar-refractivity contribution in [2.24, 2.45) is 5.73 Å². The number of aliphatic hydroxyl groups is 2. The minimum absolute atomic E-state index is 0. The third-order valence-electron chi connectivity index (χ3n) is 2.35. The fraction of sp³-hybridized carbons (Fsp3) is 1.00. The van der Waals surface area contributed by atoms with Crippen molar-refractivity contribution < 1.29 is 19.7 Å². The highest BCUT2D eigenvalue weighted by atomic mass is 16.6. The lowest BCUT2D eigenvalue weighted by Gasteiger charge is -2.27. The number of hydrogen-bond acceptors (Lipinski definition) is 5. The van der Waals surface area contributed by atoms with E-state index in [2.05, 4.69) is 0 Å². The van der Waals surface area contributed by atoms with Crippen molar-refractivity contribution in [3.63, 3.8) is 0 Å². The molecule has 0 radical (unpaired) electrons. The average Bonchev–Trinajstić information content (AvgIpc) is 2.56. The van der Waals surface area contributed by atoms with E-state index in [0.29, 0.717) is 12.8 Å². The van der Waals surface area contributed by atoms with Gasteiger partial charge in [-0.3, -0.25) is 0 Å². The Balaban J connectivity index is 0. The fourth-order valence-corrected chi connectivity index (χ4v) is 1.87. The number of rotatable bonds is 5. The molecule has 1 aliphatic carbocycles. The Morgan fingerprint density at radius 2 is 1.72 bits per heavy atom. The molecule has 1 rings (SSSR count). The Kier molecular flexibility index (Phi) is 10.8. The largest absolute Gasteiger partial charge is 0.394 e. The van der Waals surface area contributed by atoms with Crippen molar-refractivity contribution >= 4 is 0 Å². The van der Waals surface area contributed by atoms with E-state index in [0.717, 1.165) is 0 Å². The van der Waals surface area contributed by atoms with Gasteiger partial charge in [0.2, 0.25) is 0 Å². The van der Waals surface area contributed by atoms with Crippen molar-refractivity contribution in [3.8, 4) is 0 Å². The molecule has 0 bridgehead atoms. The first-order valence-electron chi connectivity index (χ1n) is 6.30. The summed E-state index contributed by atoms with van der Waals surface area (Å²) < 4.78 is 10.9. The van der Waals surface area contributed by atoms with Gasteiger partial charge in [-0.15, -0.1) is 0 Å². The molecule has 0 aromatic heterocycles. The number of aliphatic hydroxyl groups excluding tert-OH is 1.